The lowest BCUT2D eigenvalue weighted by molar-refractivity contribution is -0.173. The van der Waals surface area contributed by atoms with Gasteiger partial charge in [0.15, 0.2) is 0 Å². The topological polar surface area (TPSA) is 80.3 Å². The van der Waals surface area contributed by atoms with Crippen LogP contribution in [0.3, 0.4) is 0 Å². The average Bonchev–Trinajstić information content (AvgIpc) is 2.78. The van der Waals surface area contributed by atoms with Crippen molar-refractivity contribution < 1.29 is 24.1 Å². The van der Waals surface area contributed by atoms with Gasteiger partial charge < -0.3 is 29.5 Å². The van der Waals surface area contributed by atoms with Gasteiger partial charge in [0, 0.05) is 33.0 Å². The molecule has 31 heavy (non-hydrogen) atoms. The van der Waals surface area contributed by atoms with Gasteiger partial charge >= 0.3 is 6.09 Å². The summed E-state index contributed by atoms with van der Waals surface area (Å²) in [7, 11) is 1.00. The van der Waals surface area contributed by atoms with Gasteiger partial charge in [-0.3, -0.25) is 0 Å². The average molecular weight is 437 g/mol. The summed E-state index contributed by atoms with van der Waals surface area (Å²) in [5.74, 6) is 0. The third-order valence-electron chi connectivity index (χ3n) is 6.37. The fourth-order valence-corrected chi connectivity index (χ4v) is 4.44. The lowest BCUT2D eigenvalue weighted by Gasteiger charge is -2.47. The zero-order valence-electron chi connectivity index (χ0n) is 18.1. The molecule has 4 aliphatic heterocycles. The molecule has 4 heterocycles. The first-order valence-electron chi connectivity index (χ1n) is 11.1. The quantitative estimate of drug-likeness (QED) is 0.740. The van der Waals surface area contributed by atoms with Crippen molar-refractivity contribution in [1.29, 1.82) is 0 Å². The van der Waals surface area contributed by atoms with Crippen molar-refractivity contribution in [3.63, 3.8) is 0 Å². The number of ether oxygens (including phenoxy) is 3. The second kappa shape index (κ2) is 12.4. The molecule has 4 aliphatic rings. The lowest BCUT2D eigenvalue weighted by Crippen LogP contribution is -2.57. The summed E-state index contributed by atoms with van der Waals surface area (Å²) in [6.45, 7) is 5.88. The number of nitrogens with one attached hydrogen (secondary N) is 1. The number of carbonyl (C=O) groups is 1. The maximum absolute atomic E-state index is 12.0. The molecular weight excluding hydrogens is 396 g/mol. The second-order valence-electron chi connectivity index (χ2n) is 8.41. The molecule has 1 amide bonds. The van der Waals surface area contributed by atoms with E-state index >= 15 is 0 Å². The van der Waals surface area contributed by atoms with Crippen molar-refractivity contribution in [3.05, 3.63) is 35.9 Å². The summed E-state index contributed by atoms with van der Waals surface area (Å²) in [4.78, 5) is 13.8. The van der Waals surface area contributed by atoms with E-state index in [2.05, 4.69) is 5.32 Å². The van der Waals surface area contributed by atoms with E-state index in [-0.39, 0.29) is 24.7 Å². The summed E-state index contributed by atoms with van der Waals surface area (Å²) in [5, 5.41) is 10.4. The van der Waals surface area contributed by atoms with E-state index in [1.54, 1.807) is 4.90 Å². The van der Waals surface area contributed by atoms with Gasteiger partial charge in [-0.15, -0.1) is 0 Å². The van der Waals surface area contributed by atoms with E-state index < -0.39 is 0 Å². The molecule has 1 aromatic rings. The number of amides is 1. The summed E-state index contributed by atoms with van der Waals surface area (Å²) in [6, 6.07) is 9.76. The van der Waals surface area contributed by atoms with Crippen LogP contribution in [0.5, 0.6) is 0 Å². The standard InChI is InChI=1S/C15H19NO3.C7H13NO.CH4O.CH4/c17-14(18-11-13-5-2-1-3-6-13)16-9-4-7-15(12-16)8-10-19-15;1-2-7(3-5-9-7)6-8-4-1;1-2;/h1-3,5-6H,4,7-12H2;8H,1-6H2;2H,1H3;1H4/t15-;7-;;/m00../s1. The fourth-order valence-electron chi connectivity index (χ4n) is 4.44. The van der Waals surface area contributed by atoms with Crippen LogP contribution in [-0.2, 0) is 20.8 Å². The predicted molar refractivity (Wildman–Crippen MR) is 121 cm³/mol. The molecule has 4 saturated heterocycles. The first kappa shape index (κ1) is 25.6. The zero-order valence-corrected chi connectivity index (χ0v) is 18.1. The molecular formula is C24H40N2O5. The minimum Gasteiger partial charge on any atom is -0.445 e. The first-order chi connectivity index (χ1) is 14.7. The van der Waals surface area contributed by atoms with Crippen molar-refractivity contribution in [2.75, 3.05) is 46.5 Å². The molecule has 4 fully saturated rings. The van der Waals surface area contributed by atoms with Gasteiger partial charge in [0.2, 0.25) is 0 Å². The minimum absolute atomic E-state index is 0. The number of carbonyl (C=O) groups excluding carboxylic acids is 1. The molecule has 0 radical (unpaired) electrons. The van der Waals surface area contributed by atoms with E-state index in [0.29, 0.717) is 13.2 Å². The summed E-state index contributed by atoms with van der Waals surface area (Å²) >= 11 is 0. The Morgan fingerprint density at radius 1 is 1.06 bits per heavy atom. The Hall–Kier alpha value is -1.67. The number of piperidine rings is 2. The van der Waals surface area contributed by atoms with Gasteiger partial charge in [0.1, 0.15) is 6.61 Å². The molecule has 176 valence electrons. The third kappa shape index (κ3) is 6.91. The number of hydrogen-bond donors (Lipinski definition) is 2. The molecule has 1 aromatic carbocycles. The van der Waals surface area contributed by atoms with Crippen molar-refractivity contribution in [1.82, 2.24) is 10.2 Å². The largest absolute Gasteiger partial charge is 0.445 e. The highest BCUT2D eigenvalue weighted by Gasteiger charge is 2.43. The Kier molecular flexibility index (Phi) is 10.2. The van der Waals surface area contributed by atoms with Crippen molar-refractivity contribution >= 4 is 6.09 Å². The Morgan fingerprint density at radius 2 is 1.71 bits per heavy atom. The van der Waals surface area contributed by atoms with E-state index in [9.17, 15) is 4.79 Å². The highest BCUT2D eigenvalue weighted by atomic mass is 16.6. The first-order valence-corrected chi connectivity index (χ1v) is 11.1. The molecule has 2 N–H and O–H groups in total. The number of hydrogen-bond acceptors (Lipinski definition) is 6. The Labute approximate surface area is 187 Å². The van der Waals surface area contributed by atoms with Crippen LogP contribution in [0.4, 0.5) is 4.79 Å². The number of aliphatic hydroxyl groups is 1. The number of aliphatic hydroxyl groups excluding tert-OH is 1. The Balaban J connectivity index is 0.000000239. The predicted octanol–water partition coefficient (Wildman–Crippen LogP) is 3.35. The summed E-state index contributed by atoms with van der Waals surface area (Å²) in [5.41, 5.74) is 1.24. The maximum atomic E-state index is 12.0. The van der Waals surface area contributed by atoms with Crippen LogP contribution in [0.25, 0.3) is 0 Å². The molecule has 7 nitrogen and oxygen atoms in total. The monoisotopic (exact) mass is 436 g/mol. The normalized spacial score (nSPS) is 28.5. The van der Waals surface area contributed by atoms with Crippen molar-refractivity contribution in [2.45, 2.75) is 63.8 Å². The molecule has 7 heteroatoms. The van der Waals surface area contributed by atoms with Crippen LogP contribution < -0.4 is 5.32 Å². The van der Waals surface area contributed by atoms with Crippen LogP contribution in [0.1, 0.15) is 51.5 Å². The fraction of sp³-hybridized carbons (Fsp3) is 0.708. The Bertz CT molecular complexity index is 639. The molecule has 2 atom stereocenters. The lowest BCUT2D eigenvalue weighted by atomic mass is 9.86. The van der Waals surface area contributed by atoms with Crippen LogP contribution >= 0.6 is 0 Å². The van der Waals surface area contributed by atoms with Gasteiger partial charge in [-0.2, -0.15) is 0 Å². The van der Waals surface area contributed by atoms with Gasteiger partial charge in [0.05, 0.1) is 31.0 Å². The van der Waals surface area contributed by atoms with Crippen LogP contribution in [0, 0.1) is 0 Å². The van der Waals surface area contributed by atoms with Crippen LogP contribution in [0.15, 0.2) is 30.3 Å². The van der Waals surface area contributed by atoms with Gasteiger partial charge in [0.25, 0.3) is 0 Å². The highest BCUT2D eigenvalue weighted by molar-refractivity contribution is 5.68. The summed E-state index contributed by atoms with van der Waals surface area (Å²) in [6.07, 6.45) is 6.75. The highest BCUT2D eigenvalue weighted by Crippen LogP contribution is 2.35. The maximum Gasteiger partial charge on any atom is 0.410 e. The van der Waals surface area contributed by atoms with Crippen molar-refractivity contribution in [2.24, 2.45) is 0 Å². The van der Waals surface area contributed by atoms with Gasteiger partial charge in [-0.05, 0) is 37.8 Å². The molecule has 2 spiro atoms. The molecule has 5 rings (SSSR count). The van der Waals surface area contributed by atoms with E-state index in [0.717, 1.165) is 58.2 Å². The molecule has 0 aromatic heterocycles. The Morgan fingerprint density at radius 3 is 2.23 bits per heavy atom. The summed E-state index contributed by atoms with van der Waals surface area (Å²) < 4.78 is 16.5. The third-order valence-corrected chi connectivity index (χ3v) is 6.37. The smallest absolute Gasteiger partial charge is 0.410 e. The molecule has 0 bridgehead atoms. The SMILES string of the molecule is C.C1CNC[C@]2(C1)CCO2.CO.O=C(OCc1ccccc1)N1CCC[C@]2(CCO2)C1. The number of benzene rings is 1. The van der Waals surface area contributed by atoms with Crippen LogP contribution in [-0.4, -0.2) is 73.8 Å². The zero-order chi connectivity index (χ0) is 21.3. The molecule has 0 saturated carbocycles. The molecule has 0 unspecified atom stereocenters. The van der Waals surface area contributed by atoms with Crippen LogP contribution in [0.2, 0.25) is 0 Å². The number of likely N-dealkylation sites (tertiary alicyclic amines) is 1. The number of rotatable bonds is 2. The second-order valence-corrected chi connectivity index (χ2v) is 8.41. The van der Waals surface area contributed by atoms with E-state index in [4.69, 9.17) is 19.3 Å². The van der Waals surface area contributed by atoms with E-state index in [1.165, 1.54) is 25.8 Å². The number of nitrogens with zero attached hydrogens (tertiary/aromatic N) is 1. The van der Waals surface area contributed by atoms with Gasteiger partial charge in [-0.25, -0.2) is 4.79 Å². The van der Waals surface area contributed by atoms with Crippen molar-refractivity contribution in [3.8, 4) is 0 Å². The minimum atomic E-state index is -0.224. The molecule has 0 aliphatic carbocycles. The van der Waals surface area contributed by atoms with Gasteiger partial charge in [-0.1, -0.05) is 37.8 Å². The van der Waals surface area contributed by atoms with E-state index in [1.807, 2.05) is 30.3 Å².